The van der Waals surface area contributed by atoms with Gasteiger partial charge in [-0.1, -0.05) is 36.4 Å². The van der Waals surface area contributed by atoms with Crippen molar-refractivity contribution in [3.05, 3.63) is 59.7 Å². The van der Waals surface area contributed by atoms with Gasteiger partial charge in [-0.3, -0.25) is 4.79 Å². The average Bonchev–Trinajstić information content (AvgIpc) is 2.47. The molecule has 0 bridgehead atoms. The minimum absolute atomic E-state index is 0.144. The Labute approximate surface area is 120 Å². The number of benzene rings is 2. The zero-order chi connectivity index (χ0) is 15.5. The van der Waals surface area contributed by atoms with E-state index in [2.05, 4.69) is 5.32 Å². The summed E-state index contributed by atoms with van der Waals surface area (Å²) >= 11 is 0. The number of halogens is 3. The van der Waals surface area contributed by atoms with Gasteiger partial charge in [0, 0.05) is 7.05 Å². The van der Waals surface area contributed by atoms with Crippen LogP contribution in [0.25, 0.3) is 11.1 Å². The normalized spacial score (nSPS) is 11.2. The molecule has 1 amide bonds. The van der Waals surface area contributed by atoms with E-state index in [4.69, 9.17) is 0 Å². The highest BCUT2D eigenvalue weighted by Gasteiger charge is 2.30. The lowest BCUT2D eigenvalue weighted by Crippen LogP contribution is -2.20. The molecule has 2 aromatic carbocycles. The molecule has 21 heavy (non-hydrogen) atoms. The Kier molecular flexibility index (Phi) is 4.31. The largest absolute Gasteiger partial charge is 0.416 e. The molecule has 5 heteroatoms. The summed E-state index contributed by atoms with van der Waals surface area (Å²) in [7, 11) is 1.54. The topological polar surface area (TPSA) is 29.1 Å². The Morgan fingerprint density at radius 2 is 1.67 bits per heavy atom. The lowest BCUT2D eigenvalue weighted by molar-refractivity contribution is -0.137. The van der Waals surface area contributed by atoms with E-state index in [9.17, 15) is 18.0 Å². The summed E-state index contributed by atoms with van der Waals surface area (Å²) in [6, 6.07) is 12.1. The van der Waals surface area contributed by atoms with Gasteiger partial charge in [-0.25, -0.2) is 0 Å². The fraction of sp³-hybridized carbons (Fsp3) is 0.188. The fourth-order valence-electron chi connectivity index (χ4n) is 2.06. The van der Waals surface area contributed by atoms with Crippen LogP contribution in [0.5, 0.6) is 0 Å². The molecule has 0 fully saturated rings. The Morgan fingerprint density at radius 1 is 1.05 bits per heavy atom. The van der Waals surface area contributed by atoms with Crippen LogP contribution in [0.3, 0.4) is 0 Å². The Morgan fingerprint density at radius 3 is 2.24 bits per heavy atom. The molecule has 0 unspecified atom stereocenters. The first-order valence-electron chi connectivity index (χ1n) is 6.38. The van der Waals surface area contributed by atoms with Crippen molar-refractivity contribution in [3.8, 4) is 11.1 Å². The van der Waals surface area contributed by atoms with Crippen LogP contribution in [0.1, 0.15) is 11.1 Å². The van der Waals surface area contributed by atoms with E-state index in [0.717, 1.165) is 23.3 Å². The molecule has 0 aromatic heterocycles. The van der Waals surface area contributed by atoms with E-state index in [1.807, 2.05) is 0 Å². The minimum atomic E-state index is -4.35. The molecule has 0 aliphatic carbocycles. The summed E-state index contributed by atoms with van der Waals surface area (Å²) in [5.74, 6) is -0.144. The van der Waals surface area contributed by atoms with Crippen LogP contribution in [0, 0.1) is 0 Å². The van der Waals surface area contributed by atoms with Crippen molar-refractivity contribution in [1.29, 1.82) is 0 Å². The van der Waals surface area contributed by atoms with Crippen LogP contribution in [0.4, 0.5) is 13.2 Å². The second-order valence-corrected chi connectivity index (χ2v) is 4.58. The number of amides is 1. The first-order valence-corrected chi connectivity index (χ1v) is 6.38. The Bertz CT molecular complexity index is 633. The Hall–Kier alpha value is -2.30. The van der Waals surface area contributed by atoms with E-state index in [-0.39, 0.29) is 12.3 Å². The van der Waals surface area contributed by atoms with Crippen molar-refractivity contribution >= 4 is 5.91 Å². The van der Waals surface area contributed by atoms with E-state index in [0.29, 0.717) is 5.56 Å². The van der Waals surface area contributed by atoms with E-state index >= 15 is 0 Å². The summed E-state index contributed by atoms with van der Waals surface area (Å²) < 4.78 is 37.7. The monoisotopic (exact) mass is 293 g/mol. The highest BCUT2D eigenvalue weighted by atomic mass is 19.4. The standard InChI is InChI=1S/C16H14F3NO/c1-20-15(21)10-12-4-2-3-5-14(12)11-6-8-13(9-7-11)16(17,18)19/h2-9H,10H2,1H3,(H,20,21). The summed E-state index contributed by atoms with van der Waals surface area (Å²) in [6.07, 6.45) is -4.16. The second kappa shape index (κ2) is 5.99. The number of hydrogen-bond acceptors (Lipinski definition) is 1. The van der Waals surface area contributed by atoms with Crippen LogP contribution >= 0.6 is 0 Å². The third kappa shape index (κ3) is 3.62. The lowest BCUT2D eigenvalue weighted by atomic mass is 9.96. The van der Waals surface area contributed by atoms with Crippen LogP contribution in [-0.4, -0.2) is 13.0 Å². The van der Waals surface area contributed by atoms with Crippen LogP contribution < -0.4 is 5.32 Å². The number of nitrogens with one attached hydrogen (secondary N) is 1. The number of hydrogen-bond donors (Lipinski definition) is 1. The summed E-state index contributed by atoms with van der Waals surface area (Å²) in [5.41, 5.74) is 1.50. The van der Waals surface area contributed by atoms with E-state index in [1.54, 1.807) is 31.3 Å². The maximum Gasteiger partial charge on any atom is 0.416 e. The van der Waals surface area contributed by atoms with Gasteiger partial charge in [0.05, 0.1) is 12.0 Å². The molecule has 0 atom stereocenters. The molecule has 0 heterocycles. The van der Waals surface area contributed by atoms with Gasteiger partial charge >= 0.3 is 6.18 Å². The molecular formula is C16H14F3NO. The SMILES string of the molecule is CNC(=O)Cc1ccccc1-c1ccc(C(F)(F)F)cc1. The van der Waals surface area contributed by atoms with Crippen molar-refractivity contribution in [3.63, 3.8) is 0 Å². The molecule has 110 valence electrons. The first-order chi connectivity index (χ1) is 9.91. The zero-order valence-electron chi connectivity index (χ0n) is 11.4. The molecule has 1 N–H and O–H groups in total. The number of likely N-dealkylation sites (N-methyl/N-ethyl adjacent to an activating group) is 1. The minimum Gasteiger partial charge on any atom is -0.359 e. The average molecular weight is 293 g/mol. The highest BCUT2D eigenvalue weighted by molar-refractivity contribution is 5.81. The molecule has 0 saturated heterocycles. The maximum absolute atomic E-state index is 12.6. The van der Waals surface area contributed by atoms with Crippen molar-refractivity contribution < 1.29 is 18.0 Å². The number of carbonyl (C=O) groups is 1. The summed E-state index contributed by atoms with van der Waals surface area (Å²) in [6.45, 7) is 0. The maximum atomic E-state index is 12.6. The number of alkyl halides is 3. The first kappa shape index (κ1) is 15.1. The Balaban J connectivity index is 2.36. The second-order valence-electron chi connectivity index (χ2n) is 4.58. The van der Waals surface area contributed by atoms with Gasteiger partial charge in [0.25, 0.3) is 0 Å². The van der Waals surface area contributed by atoms with E-state index in [1.165, 1.54) is 12.1 Å². The highest BCUT2D eigenvalue weighted by Crippen LogP contribution is 2.31. The van der Waals surface area contributed by atoms with Gasteiger partial charge in [0.15, 0.2) is 0 Å². The molecule has 0 aliphatic heterocycles. The number of carbonyl (C=O) groups excluding carboxylic acids is 1. The quantitative estimate of drug-likeness (QED) is 0.919. The fourth-order valence-corrected chi connectivity index (χ4v) is 2.06. The van der Waals surface area contributed by atoms with Crippen molar-refractivity contribution in [2.24, 2.45) is 0 Å². The molecule has 2 aromatic rings. The molecule has 2 nitrogen and oxygen atoms in total. The van der Waals surface area contributed by atoms with Crippen LogP contribution in [-0.2, 0) is 17.4 Å². The van der Waals surface area contributed by atoms with Gasteiger partial charge in [0.2, 0.25) is 5.91 Å². The molecule has 0 radical (unpaired) electrons. The molecule has 0 spiro atoms. The predicted molar refractivity (Wildman–Crippen MR) is 74.7 cm³/mol. The molecule has 0 aliphatic rings. The zero-order valence-corrected chi connectivity index (χ0v) is 11.4. The van der Waals surface area contributed by atoms with Crippen molar-refractivity contribution in [2.45, 2.75) is 12.6 Å². The third-order valence-corrected chi connectivity index (χ3v) is 3.17. The van der Waals surface area contributed by atoms with Crippen LogP contribution in [0.15, 0.2) is 48.5 Å². The van der Waals surface area contributed by atoms with Crippen LogP contribution in [0.2, 0.25) is 0 Å². The summed E-state index contributed by atoms with van der Waals surface area (Å²) in [5, 5.41) is 2.53. The van der Waals surface area contributed by atoms with Crippen molar-refractivity contribution in [2.75, 3.05) is 7.05 Å². The van der Waals surface area contributed by atoms with Gasteiger partial charge in [-0.05, 0) is 28.8 Å². The predicted octanol–water partition coefficient (Wildman–Crippen LogP) is 3.66. The van der Waals surface area contributed by atoms with Gasteiger partial charge in [0.1, 0.15) is 0 Å². The molecule has 0 saturated carbocycles. The van der Waals surface area contributed by atoms with Gasteiger partial charge < -0.3 is 5.32 Å². The summed E-state index contributed by atoms with van der Waals surface area (Å²) in [4.78, 5) is 11.5. The van der Waals surface area contributed by atoms with Crippen molar-refractivity contribution in [1.82, 2.24) is 5.32 Å². The third-order valence-electron chi connectivity index (χ3n) is 3.17. The number of rotatable bonds is 3. The smallest absolute Gasteiger partial charge is 0.359 e. The van der Waals surface area contributed by atoms with Gasteiger partial charge in [-0.15, -0.1) is 0 Å². The lowest BCUT2D eigenvalue weighted by Gasteiger charge is -2.11. The molecule has 2 rings (SSSR count). The molecular weight excluding hydrogens is 279 g/mol. The van der Waals surface area contributed by atoms with E-state index < -0.39 is 11.7 Å². The van der Waals surface area contributed by atoms with Gasteiger partial charge in [-0.2, -0.15) is 13.2 Å².